The van der Waals surface area contributed by atoms with Crippen LogP contribution in [0.2, 0.25) is 54.4 Å². The molecular formula is C40H64N2O6SSi3. The zero-order valence-electron chi connectivity index (χ0n) is 34.3. The number of rotatable bonds is 12. The van der Waals surface area contributed by atoms with Gasteiger partial charge < -0.3 is 22.8 Å². The van der Waals surface area contributed by atoms with E-state index in [-0.39, 0.29) is 20.8 Å². The summed E-state index contributed by atoms with van der Waals surface area (Å²) in [6.45, 7) is 34.0. The van der Waals surface area contributed by atoms with Crippen molar-refractivity contribution in [1.29, 1.82) is 0 Å². The number of aromatic nitrogens is 2. The minimum absolute atomic E-state index is 0.0177. The van der Waals surface area contributed by atoms with E-state index in [4.69, 9.17) is 35.0 Å². The van der Waals surface area contributed by atoms with Crippen molar-refractivity contribution in [2.45, 2.75) is 148 Å². The second-order valence-corrected chi connectivity index (χ2v) is 33.6. The number of hydrogen-bond acceptors (Lipinski definition) is 7. The van der Waals surface area contributed by atoms with E-state index >= 15 is 0 Å². The first-order valence-corrected chi connectivity index (χ1v) is 27.7. The maximum Gasteiger partial charge on any atom is 0.328 e. The van der Waals surface area contributed by atoms with Crippen LogP contribution >= 0.6 is 12.2 Å². The third-order valence-corrected chi connectivity index (χ3v) is 25.6. The Hall–Kier alpha value is -2.17. The molecule has 0 unspecified atom stereocenters. The van der Waals surface area contributed by atoms with Crippen molar-refractivity contribution in [2.24, 2.45) is 0 Å². The van der Waals surface area contributed by atoms with E-state index in [1.54, 1.807) is 4.57 Å². The molecule has 52 heavy (non-hydrogen) atoms. The summed E-state index contributed by atoms with van der Waals surface area (Å²) in [5.74, 6) is 1.52. The summed E-state index contributed by atoms with van der Waals surface area (Å²) < 4.78 is 36.4. The van der Waals surface area contributed by atoms with Crippen LogP contribution in [0.1, 0.15) is 79.7 Å². The summed E-state index contributed by atoms with van der Waals surface area (Å²) in [5, 5.41) is -0.122. The molecule has 0 radical (unpaired) electrons. The smallest absolute Gasteiger partial charge is 0.328 e. The van der Waals surface area contributed by atoms with E-state index in [0.717, 1.165) is 22.6 Å². The van der Waals surface area contributed by atoms with E-state index in [9.17, 15) is 4.79 Å². The van der Waals surface area contributed by atoms with Gasteiger partial charge in [-0.05, 0) is 84.2 Å². The van der Waals surface area contributed by atoms with E-state index in [1.807, 2.05) is 60.8 Å². The lowest BCUT2D eigenvalue weighted by molar-refractivity contribution is -0.0510. The molecule has 4 atom stereocenters. The molecule has 1 saturated heterocycles. The van der Waals surface area contributed by atoms with E-state index in [2.05, 4.69) is 107 Å². The summed E-state index contributed by atoms with van der Waals surface area (Å²) >= 11 is 5.73. The monoisotopic (exact) mass is 784 g/mol. The lowest BCUT2D eigenvalue weighted by atomic mass is 10.1. The molecule has 1 aromatic heterocycles. The predicted molar refractivity (Wildman–Crippen MR) is 223 cm³/mol. The zero-order valence-corrected chi connectivity index (χ0v) is 38.1. The van der Waals surface area contributed by atoms with Gasteiger partial charge in [0, 0.05) is 18.2 Å². The molecule has 0 amide bonds. The van der Waals surface area contributed by atoms with E-state index < -0.39 is 49.5 Å². The lowest BCUT2D eigenvalue weighted by Gasteiger charge is -2.44. The van der Waals surface area contributed by atoms with Gasteiger partial charge in [-0.3, -0.25) is 9.55 Å². The average molecular weight is 785 g/mol. The molecule has 1 aliphatic rings. The molecule has 12 heteroatoms. The summed E-state index contributed by atoms with van der Waals surface area (Å²) in [5.41, 5.74) is 1.50. The number of H-pyrrole nitrogens is 1. The number of nitrogens with one attached hydrogen (secondary N) is 1. The van der Waals surface area contributed by atoms with Crippen molar-refractivity contribution in [1.82, 2.24) is 9.55 Å². The third kappa shape index (κ3) is 9.92. The second-order valence-electron chi connectivity index (χ2n) is 18.9. The molecule has 4 rings (SSSR count). The Morgan fingerprint density at radius 1 is 0.731 bits per heavy atom. The Morgan fingerprint density at radius 2 is 1.23 bits per heavy atom. The molecule has 2 heterocycles. The Labute approximate surface area is 321 Å². The van der Waals surface area contributed by atoms with Crippen molar-refractivity contribution >= 4 is 37.2 Å². The highest BCUT2D eigenvalue weighted by Gasteiger charge is 2.55. The summed E-state index contributed by atoms with van der Waals surface area (Å²) in [6, 6.07) is 17.6. The van der Waals surface area contributed by atoms with Gasteiger partial charge in [-0.1, -0.05) is 105 Å². The molecule has 1 N–H and O–H groups in total. The summed E-state index contributed by atoms with van der Waals surface area (Å²) in [4.78, 5) is 16.9. The molecule has 8 nitrogen and oxygen atoms in total. The van der Waals surface area contributed by atoms with Gasteiger partial charge >= 0.3 is 5.69 Å². The number of hydrogen-bond donors (Lipinski definition) is 1. The minimum Gasteiger partial charge on any atom is -0.457 e. The SMILES string of the molecule is CC(C)(C)[Si](C)(C)OC[C@H]1O[C@@H](n2cc(Cc3ccc(Oc4ccccc4)cc3)c(=S)[nH]c2=O)[C@H](O[Si](C)(C)C(C)(C)C)[C@@H]1O[Si](C)(C)C(C)(C)C. The first kappa shape index (κ1) is 42.6. The molecular weight excluding hydrogens is 721 g/mol. The van der Waals surface area contributed by atoms with Gasteiger partial charge in [0.15, 0.2) is 31.2 Å². The minimum atomic E-state index is -2.40. The fraction of sp³-hybridized carbons (Fsp3) is 0.600. The maximum atomic E-state index is 13.9. The van der Waals surface area contributed by atoms with Gasteiger partial charge in [0.25, 0.3) is 0 Å². The Balaban J connectivity index is 1.77. The first-order valence-electron chi connectivity index (χ1n) is 18.5. The molecule has 1 aliphatic heterocycles. The van der Waals surface area contributed by atoms with Crippen molar-refractivity contribution in [3.05, 3.63) is 87.0 Å². The Kier molecular flexibility index (Phi) is 12.7. The van der Waals surface area contributed by atoms with Crippen LogP contribution in [0.5, 0.6) is 11.5 Å². The van der Waals surface area contributed by atoms with Gasteiger partial charge in [0.2, 0.25) is 0 Å². The van der Waals surface area contributed by atoms with Crippen molar-refractivity contribution < 1.29 is 22.8 Å². The molecule has 3 aromatic rings. The van der Waals surface area contributed by atoms with Gasteiger partial charge in [-0.15, -0.1) is 0 Å². The number of nitrogens with zero attached hydrogens (tertiary/aromatic N) is 1. The second kappa shape index (κ2) is 15.5. The van der Waals surface area contributed by atoms with Gasteiger partial charge in [-0.2, -0.15) is 0 Å². The van der Waals surface area contributed by atoms with Crippen molar-refractivity contribution in [3.8, 4) is 11.5 Å². The highest BCUT2D eigenvalue weighted by molar-refractivity contribution is 7.71. The highest BCUT2D eigenvalue weighted by Crippen LogP contribution is 2.46. The molecule has 0 spiro atoms. The number of para-hydroxylation sites is 1. The molecule has 288 valence electrons. The standard InChI is InChI=1S/C40H64N2O6SSi3/c1-38(2,3)50(10,11)44-27-32-33(47-51(12,13)39(4,5)6)34(48-52(14,15)40(7,8)9)36(46-32)42-26-29(35(49)41-37(42)43)25-28-21-23-31(24-22-28)45-30-19-17-16-18-20-30/h16-24,26,32-34,36H,25,27H2,1-15H3,(H,41,43,49)/t32-,33-,34-,36-/m1/s1. The van der Waals surface area contributed by atoms with Gasteiger partial charge in [0.1, 0.15) is 34.5 Å². The number of ether oxygens (including phenoxy) is 2. The fourth-order valence-corrected chi connectivity index (χ4v) is 9.07. The molecule has 1 fully saturated rings. The molecule has 0 saturated carbocycles. The molecule has 0 aliphatic carbocycles. The number of benzene rings is 2. The van der Waals surface area contributed by atoms with Crippen LogP contribution < -0.4 is 10.4 Å². The Morgan fingerprint density at radius 3 is 1.75 bits per heavy atom. The van der Waals surface area contributed by atoms with Crippen LogP contribution in [-0.4, -0.2) is 59.4 Å². The lowest BCUT2D eigenvalue weighted by Crippen LogP contribution is -2.54. The Bertz CT molecular complexity index is 1770. The fourth-order valence-electron chi connectivity index (χ4n) is 5.24. The molecule has 0 bridgehead atoms. The van der Waals surface area contributed by atoms with Crippen molar-refractivity contribution in [3.63, 3.8) is 0 Å². The maximum absolute atomic E-state index is 13.9. The van der Waals surface area contributed by atoms with Crippen LogP contribution in [0.25, 0.3) is 0 Å². The quantitative estimate of drug-likeness (QED) is 0.145. The zero-order chi connectivity index (χ0) is 39.1. The normalized spacial score (nSPS) is 20.7. The van der Waals surface area contributed by atoms with Gasteiger partial charge in [0.05, 0.1) is 6.61 Å². The van der Waals surface area contributed by atoms with Gasteiger partial charge in [-0.25, -0.2) is 4.79 Å². The van der Waals surface area contributed by atoms with Crippen LogP contribution in [0.15, 0.2) is 65.6 Å². The summed E-state index contributed by atoms with van der Waals surface area (Å²) in [6.07, 6.45) is 0.176. The average Bonchev–Trinajstić information content (AvgIpc) is 3.32. The van der Waals surface area contributed by atoms with Crippen LogP contribution in [-0.2, 0) is 24.4 Å². The third-order valence-electron chi connectivity index (χ3n) is 11.8. The summed E-state index contributed by atoms with van der Waals surface area (Å²) in [7, 11) is -6.89. The van der Waals surface area contributed by atoms with Crippen LogP contribution in [0, 0.1) is 4.64 Å². The van der Waals surface area contributed by atoms with Crippen LogP contribution in [0.3, 0.4) is 0 Å². The van der Waals surface area contributed by atoms with Crippen molar-refractivity contribution in [2.75, 3.05) is 6.61 Å². The van der Waals surface area contributed by atoms with Crippen LogP contribution in [0.4, 0.5) is 0 Å². The van der Waals surface area contributed by atoms with E-state index in [1.165, 1.54) is 0 Å². The number of aromatic amines is 1. The topological polar surface area (TPSA) is 83.9 Å². The largest absolute Gasteiger partial charge is 0.457 e. The highest BCUT2D eigenvalue weighted by atomic mass is 32.1. The predicted octanol–water partition coefficient (Wildman–Crippen LogP) is 11.0. The van der Waals surface area contributed by atoms with E-state index in [0.29, 0.717) is 17.7 Å². The molecule has 2 aromatic carbocycles. The first-order chi connectivity index (χ1) is 23.7.